The van der Waals surface area contributed by atoms with Crippen molar-refractivity contribution in [2.24, 2.45) is 0 Å². The van der Waals surface area contributed by atoms with E-state index in [1.165, 1.54) is 0 Å². The summed E-state index contributed by atoms with van der Waals surface area (Å²) in [4.78, 5) is 12.4. The third kappa shape index (κ3) is 3.64. The van der Waals surface area contributed by atoms with Crippen molar-refractivity contribution < 1.29 is 14.3 Å². The SMILES string of the molecule is CCn1nc(CNC(=O)C(C)Oc2ccccc2OC)c2ccccc21. The maximum atomic E-state index is 12.4. The fraction of sp³-hybridized carbons (Fsp3) is 0.300. The maximum absolute atomic E-state index is 12.4. The Morgan fingerprint density at radius 2 is 1.85 bits per heavy atom. The summed E-state index contributed by atoms with van der Waals surface area (Å²) in [5.41, 5.74) is 1.91. The Hall–Kier alpha value is -3.02. The molecule has 1 aromatic heterocycles. The molecule has 0 spiro atoms. The number of nitrogens with one attached hydrogen (secondary N) is 1. The van der Waals surface area contributed by atoms with Crippen molar-refractivity contribution in [1.29, 1.82) is 0 Å². The van der Waals surface area contributed by atoms with Crippen molar-refractivity contribution in [3.05, 3.63) is 54.2 Å². The second kappa shape index (κ2) is 7.91. The van der Waals surface area contributed by atoms with Gasteiger partial charge >= 0.3 is 0 Å². The number of para-hydroxylation sites is 3. The number of carbonyl (C=O) groups excluding carboxylic acids is 1. The number of hydrogen-bond donors (Lipinski definition) is 1. The van der Waals surface area contributed by atoms with E-state index in [9.17, 15) is 4.79 Å². The van der Waals surface area contributed by atoms with E-state index in [1.807, 2.05) is 48.0 Å². The first kappa shape index (κ1) is 17.8. The topological polar surface area (TPSA) is 65.4 Å². The van der Waals surface area contributed by atoms with Crippen molar-refractivity contribution in [1.82, 2.24) is 15.1 Å². The van der Waals surface area contributed by atoms with Gasteiger partial charge in [-0.3, -0.25) is 9.48 Å². The molecule has 26 heavy (non-hydrogen) atoms. The number of aromatic nitrogens is 2. The van der Waals surface area contributed by atoms with Crippen LogP contribution in [0.2, 0.25) is 0 Å². The molecule has 0 aliphatic carbocycles. The number of methoxy groups -OCH3 is 1. The Morgan fingerprint density at radius 3 is 2.58 bits per heavy atom. The monoisotopic (exact) mass is 353 g/mol. The predicted octanol–water partition coefficient (Wildman–Crippen LogP) is 3.15. The Balaban J connectivity index is 1.67. The van der Waals surface area contributed by atoms with Crippen LogP contribution >= 0.6 is 0 Å². The number of nitrogens with zero attached hydrogens (tertiary/aromatic N) is 2. The van der Waals surface area contributed by atoms with Gasteiger partial charge in [0, 0.05) is 11.9 Å². The van der Waals surface area contributed by atoms with Crippen LogP contribution in [0, 0.1) is 0 Å². The molecule has 2 aromatic carbocycles. The molecule has 3 rings (SSSR count). The number of rotatable bonds is 7. The van der Waals surface area contributed by atoms with Crippen LogP contribution in [0.3, 0.4) is 0 Å². The predicted molar refractivity (Wildman–Crippen MR) is 100 cm³/mol. The van der Waals surface area contributed by atoms with Gasteiger partial charge in [0.15, 0.2) is 17.6 Å². The first-order chi connectivity index (χ1) is 12.6. The molecule has 0 saturated carbocycles. The highest BCUT2D eigenvalue weighted by molar-refractivity contribution is 5.84. The summed E-state index contributed by atoms with van der Waals surface area (Å²) in [5.74, 6) is 0.934. The van der Waals surface area contributed by atoms with Crippen LogP contribution in [0.1, 0.15) is 19.5 Å². The summed E-state index contributed by atoms with van der Waals surface area (Å²) in [5, 5.41) is 8.55. The Labute approximate surface area is 152 Å². The van der Waals surface area contributed by atoms with Crippen molar-refractivity contribution >= 4 is 16.8 Å². The second-order valence-corrected chi connectivity index (χ2v) is 5.91. The molecule has 0 fully saturated rings. The lowest BCUT2D eigenvalue weighted by molar-refractivity contribution is -0.127. The van der Waals surface area contributed by atoms with Crippen LogP contribution in [-0.4, -0.2) is 28.9 Å². The third-order valence-corrected chi connectivity index (χ3v) is 4.21. The summed E-state index contributed by atoms with van der Waals surface area (Å²) in [7, 11) is 1.57. The van der Waals surface area contributed by atoms with Gasteiger partial charge in [-0.25, -0.2) is 0 Å². The summed E-state index contributed by atoms with van der Waals surface area (Å²) in [6.07, 6.45) is -0.647. The number of ether oxygens (including phenoxy) is 2. The van der Waals surface area contributed by atoms with Gasteiger partial charge in [0.2, 0.25) is 0 Å². The van der Waals surface area contributed by atoms with E-state index in [1.54, 1.807) is 26.2 Å². The van der Waals surface area contributed by atoms with E-state index < -0.39 is 6.10 Å². The maximum Gasteiger partial charge on any atom is 0.261 e. The number of benzene rings is 2. The largest absolute Gasteiger partial charge is 0.493 e. The van der Waals surface area contributed by atoms with E-state index in [-0.39, 0.29) is 5.91 Å². The zero-order valence-electron chi connectivity index (χ0n) is 15.2. The lowest BCUT2D eigenvalue weighted by Crippen LogP contribution is -2.36. The molecule has 136 valence electrons. The van der Waals surface area contributed by atoms with Crippen LogP contribution < -0.4 is 14.8 Å². The van der Waals surface area contributed by atoms with Gasteiger partial charge in [-0.15, -0.1) is 0 Å². The van der Waals surface area contributed by atoms with Crippen LogP contribution in [0.4, 0.5) is 0 Å². The molecule has 0 saturated heterocycles. The van der Waals surface area contributed by atoms with Crippen LogP contribution in [-0.2, 0) is 17.9 Å². The minimum absolute atomic E-state index is 0.203. The molecule has 1 amide bonds. The molecule has 3 aromatic rings. The van der Waals surface area contributed by atoms with Gasteiger partial charge in [0.05, 0.1) is 24.9 Å². The van der Waals surface area contributed by atoms with Gasteiger partial charge in [0.1, 0.15) is 0 Å². The molecular formula is C20H23N3O3. The van der Waals surface area contributed by atoms with Gasteiger partial charge in [-0.1, -0.05) is 30.3 Å². The Kier molecular flexibility index (Phi) is 5.41. The van der Waals surface area contributed by atoms with Gasteiger partial charge in [-0.2, -0.15) is 5.10 Å². The second-order valence-electron chi connectivity index (χ2n) is 5.91. The molecule has 1 heterocycles. The molecule has 0 radical (unpaired) electrons. The zero-order chi connectivity index (χ0) is 18.5. The number of fused-ring (bicyclic) bond motifs is 1. The van der Waals surface area contributed by atoms with E-state index in [0.29, 0.717) is 18.0 Å². The summed E-state index contributed by atoms with van der Waals surface area (Å²) in [6, 6.07) is 15.3. The van der Waals surface area contributed by atoms with Crippen molar-refractivity contribution in [3.63, 3.8) is 0 Å². The molecule has 0 bridgehead atoms. The molecule has 0 aliphatic heterocycles. The molecule has 6 heteroatoms. The number of hydrogen-bond acceptors (Lipinski definition) is 4. The van der Waals surface area contributed by atoms with Crippen molar-refractivity contribution in [2.45, 2.75) is 33.0 Å². The van der Waals surface area contributed by atoms with Crippen molar-refractivity contribution in [2.75, 3.05) is 7.11 Å². The highest BCUT2D eigenvalue weighted by atomic mass is 16.5. The van der Waals surface area contributed by atoms with E-state index >= 15 is 0 Å². The first-order valence-electron chi connectivity index (χ1n) is 8.65. The van der Waals surface area contributed by atoms with E-state index in [0.717, 1.165) is 23.1 Å². The summed E-state index contributed by atoms with van der Waals surface area (Å²) in [6.45, 7) is 4.89. The smallest absolute Gasteiger partial charge is 0.261 e. The van der Waals surface area contributed by atoms with Crippen molar-refractivity contribution in [3.8, 4) is 11.5 Å². The Morgan fingerprint density at radius 1 is 1.15 bits per heavy atom. The lowest BCUT2D eigenvalue weighted by atomic mass is 10.2. The first-order valence-corrected chi connectivity index (χ1v) is 8.65. The molecule has 1 N–H and O–H groups in total. The number of amides is 1. The molecule has 6 nitrogen and oxygen atoms in total. The number of aryl methyl sites for hydroxylation is 1. The molecular weight excluding hydrogens is 330 g/mol. The minimum atomic E-state index is -0.647. The van der Waals surface area contributed by atoms with Gasteiger partial charge in [-0.05, 0) is 32.0 Å². The zero-order valence-corrected chi connectivity index (χ0v) is 15.2. The normalized spacial score (nSPS) is 12.0. The highest BCUT2D eigenvalue weighted by Gasteiger charge is 2.17. The molecule has 0 aliphatic rings. The summed E-state index contributed by atoms with van der Waals surface area (Å²) >= 11 is 0. The fourth-order valence-electron chi connectivity index (χ4n) is 2.84. The van der Waals surface area contributed by atoms with Crippen LogP contribution in [0.15, 0.2) is 48.5 Å². The van der Waals surface area contributed by atoms with Gasteiger partial charge < -0.3 is 14.8 Å². The summed E-state index contributed by atoms with van der Waals surface area (Å²) < 4.78 is 12.9. The fourth-order valence-corrected chi connectivity index (χ4v) is 2.84. The highest BCUT2D eigenvalue weighted by Crippen LogP contribution is 2.26. The molecule has 1 atom stereocenters. The average molecular weight is 353 g/mol. The van der Waals surface area contributed by atoms with Crippen LogP contribution in [0.25, 0.3) is 10.9 Å². The Bertz CT molecular complexity index is 904. The van der Waals surface area contributed by atoms with E-state index in [4.69, 9.17) is 9.47 Å². The molecule has 1 unspecified atom stereocenters. The average Bonchev–Trinajstić information content (AvgIpc) is 3.04. The van der Waals surface area contributed by atoms with Gasteiger partial charge in [0.25, 0.3) is 5.91 Å². The quantitative estimate of drug-likeness (QED) is 0.709. The lowest BCUT2D eigenvalue weighted by Gasteiger charge is -2.16. The van der Waals surface area contributed by atoms with Crippen LogP contribution in [0.5, 0.6) is 11.5 Å². The number of carbonyl (C=O) groups is 1. The minimum Gasteiger partial charge on any atom is -0.493 e. The van der Waals surface area contributed by atoms with E-state index in [2.05, 4.69) is 10.4 Å². The standard InChI is InChI=1S/C20H23N3O3/c1-4-23-17-10-6-5-9-15(17)16(22-23)13-21-20(24)14(2)26-19-12-8-7-11-18(19)25-3/h5-12,14H,4,13H2,1-3H3,(H,21,24). The third-order valence-electron chi connectivity index (χ3n) is 4.21.